The molecule has 0 fully saturated rings. The van der Waals surface area contributed by atoms with E-state index in [4.69, 9.17) is 11.6 Å². The monoisotopic (exact) mass is 333 g/mol. The van der Waals surface area contributed by atoms with Crippen molar-refractivity contribution in [2.45, 2.75) is 0 Å². The highest BCUT2D eigenvalue weighted by Gasteiger charge is 2.13. The highest BCUT2D eigenvalue weighted by atomic mass is 35.5. The second kappa shape index (κ2) is 6.18. The van der Waals surface area contributed by atoms with E-state index in [0.717, 1.165) is 12.1 Å². The molecule has 1 aromatic heterocycles. The Morgan fingerprint density at radius 1 is 1.13 bits per heavy atom. The maximum Gasteiger partial charge on any atom is 0.276 e. The highest BCUT2D eigenvalue weighted by Crippen LogP contribution is 2.17. The molecule has 1 amide bonds. The number of hydrogen-bond donors (Lipinski definition) is 1. The lowest BCUT2D eigenvalue weighted by Gasteiger charge is -2.05. The molecule has 7 heteroatoms. The molecule has 1 N–H and O–H groups in total. The first-order valence-corrected chi connectivity index (χ1v) is 6.99. The number of nitrogens with zero attached hydrogens (tertiary/aromatic N) is 2. The van der Waals surface area contributed by atoms with Crippen LogP contribution in [0.1, 0.15) is 10.5 Å². The Labute approximate surface area is 135 Å². The zero-order valence-electron chi connectivity index (χ0n) is 11.6. The average Bonchev–Trinajstić information content (AvgIpc) is 3.00. The molecular formula is C16H10ClF2N3O. The summed E-state index contributed by atoms with van der Waals surface area (Å²) >= 11 is 5.91. The number of anilines is 1. The lowest BCUT2D eigenvalue weighted by Crippen LogP contribution is -2.14. The van der Waals surface area contributed by atoms with E-state index >= 15 is 0 Å². The minimum Gasteiger partial charge on any atom is -0.318 e. The van der Waals surface area contributed by atoms with Crippen LogP contribution in [-0.2, 0) is 0 Å². The maximum absolute atomic E-state index is 13.5. The second-order valence-electron chi connectivity index (χ2n) is 4.70. The molecule has 1 heterocycles. The van der Waals surface area contributed by atoms with E-state index in [0.29, 0.717) is 16.8 Å². The molecule has 4 nitrogen and oxygen atoms in total. The average molecular weight is 334 g/mol. The summed E-state index contributed by atoms with van der Waals surface area (Å²) in [5.41, 5.74) is 0.659. The molecule has 0 aliphatic rings. The predicted molar refractivity (Wildman–Crippen MR) is 82.9 cm³/mol. The van der Waals surface area contributed by atoms with Crippen molar-refractivity contribution in [3.05, 3.63) is 77.1 Å². The Kier molecular flexibility index (Phi) is 4.08. The Hall–Kier alpha value is -2.73. The summed E-state index contributed by atoms with van der Waals surface area (Å²) in [5, 5.41) is 7.00. The van der Waals surface area contributed by atoms with Gasteiger partial charge < -0.3 is 5.32 Å². The van der Waals surface area contributed by atoms with Crippen LogP contribution in [0.4, 0.5) is 14.5 Å². The molecule has 0 saturated carbocycles. The van der Waals surface area contributed by atoms with Crippen molar-refractivity contribution < 1.29 is 13.6 Å². The minimum atomic E-state index is -0.854. The Morgan fingerprint density at radius 2 is 1.96 bits per heavy atom. The zero-order valence-corrected chi connectivity index (χ0v) is 12.4. The first kappa shape index (κ1) is 15.2. The van der Waals surface area contributed by atoms with Crippen LogP contribution >= 0.6 is 11.6 Å². The van der Waals surface area contributed by atoms with Crippen LogP contribution in [0.25, 0.3) is 5.69 Å². The number of aromatic nitrogens is 2. The van der Waals surface area contributed by atoms with Crippen LogP contribution in [-0.4, -0.2) is 15.7 Å². The van der Waals surface area contributed by atoms with Gasteiger partial charge in [-0.2, -0.15) is 5.10 Å². The third-order valence-corrected chi connectivity index (χ3v) is 3.31. The molecule has 0 spiro atoms. The quantitative estimate of drug-likeness (QED) is 0.785. The van der Waals surface area contributed by atoms with Gasteiger partial charge in [-0.1, -0.05) is 17.7 Å². The molecule has 0 atom stereocenters. The first-order chi connectivity index (χ1) is 11.0. The summed E-state index contributed by atoms with van der Waals surface area (Å²) in [6, 6.07) is 11.3. The summed E-state index contributed by atoms with van der Waals surface area (Å²) in [6.45, 7) is 0. The normalized spacial score (nSPS) is 10.6. The smallest absolute Gasteiger partial charge is 0.276 e. The van der Waals surface area contributed by atoms with Crippen molar-refractivity contribution in [2.75, 3.05) is 5.32 Å². The highest BCUT2D eigenvalue weighted by molar-refractivity contribution is 6.30. The van der Waals surface area contributed by atoms with Crippen LogP contribution < -0.4 is 5.32 Å². The molecule has 23 heavy (non-hydrogen) atoms. The third-order valence-electron chi connectivity index (χ3n) is 3.07. The first-order valence-electron chi connectivity index (χ1n) is 6.61. The van der Waals surface area contributed by atoms with Gasteiger partial charge in [-0.15, -0.1) is 0 Å². The SMILES string of the molecule is O=C(Nc1ccc(F)cc1F)c1ccn(-c2cccc(Cl)c2)n1. The van der Waals surface area contributed by atoms with Crippen LogP contribution in [0.3, 0.4) is 0 Å². The summed E-state index contributed by atoms with van der Waals surface area (Å²) < 4.78 is 27.9. The standard InChI is InChI=1S/C16H10ClF2N3O/c17-10-2-1-3-12(8-10)22-7-6-15(21-22)16(23)20-14-5-4-11(18)9-13(14)19/h1-9H,(H,20,23). The number of amides is 1. The lowest BCUT2D eigenvalue weighted by molar-refractivity contribution is 0.102. The van der Waals surface area contributed by atoms with Gasteiger partial charge in [-0.05, 0) is 36.4 Å². The number of hydrogen-bond acceptors (Lipinski definition) is 2. The Morgan fingerprint density at radius 3 is 2.70 bits per heavy atom. The number of benzene rings is 2. The van der Waals surface area contributed by atoms with Crippen LogP contribution in [0.5, 0.6) is 0 Å². The van der Waals surface area contributed by atoms with Gasteiger partial charge in [0.25, 0.3) is 5.91 Å². The minimum absolute atomic E-state index is 0.0914. The molecule has 3 rings (SSSR count). The van der Waals surface area contributed by atoms with Gasteiger partial charge in [-0.3, -0.25) is 4.79 Å². The number of carbonyl (C=O) groups is 1. The van der Waals surface area contributed by atoms with Crippen LogP contribution in [0, 0.1) is 11.6 Å². The number of halogens is 3. The molecule has 116 valence electrons. The fraction of sp³-hybridized carbons (Fsp3) is 0. The lowest BCUT2D eigenvalue weighted by atomic mass is 10.3. The Bertz CT molecular complexity index is 879. The van der Waals surface area contributed by atoms with E-state index in [-0.39, 0.29) is 11.4 Å². The van der Waals surface area contributed by atoms with Gasteiger partial charge in [0.1, 0.15) is 11.6 Å². The van der Waals surface area contributed by atoms with Gasteiger partial charge in [0.05, 0.1) is 11.4 Å². The van der Waals surface area contributed by atoms with E-state index in [1.165, 1.54) is 10.7 Å². The van der Waals surface area contributed by atoms with Gasteiger partial charge in [0.2, 0.25) is 0 Å². The van der Waals surface area contributed by atoms with Gasteiger partial charge >= 0.3 is 0 Å². The van der Waals surface area contributed by atoms with E-state index in [1.54, 1.807) is 30.5 Å². The fourth-order valence-electron chi connectivity index (χ4n) is 1.98. The van der Waals surface area contributed by atoms with Gasteiger partial charge in [-0.25, -0.2) is 13.5 Å². The molecule has 0 aliphatic heterocycles. The van der Waals surface area contributed by atoms with Crippen molar-refractivity contribution >= 4 is 23.2 Å². The van der Waals surface area contributed by atoms with Crippen molar-refractivity contribution in [1.29, 1.82) is 0 Å². The third kappa shape index (κ3) is 3.37. The molecule has 0 bridgehead atoms. The molecule has 0 saturated heterocycles. The second-order valence-corrected chi connectivity index (χ2v) is 5.14. The van der Waals surface area contributed by atoms with Crippen molar-refractivity contribution in [3.63, 3.8) is 0 Å². The molecular weight excluding hydrogens is 324 g/mol. The van der Waals surface area contributed by atoms with Crippen LogP contribution in [0.2, 0.25) is 5.02 Å². The summed E-state index contributed by atoms with van der Waals surface area (Å²) in [4.78, 5) is 12.1. The van der Waals surface area contributed by atoms with Gasteiger partial charge in [0.15, 0.2) is 5.69 Å². The van der Waals surface area contributed by atoms with E-state index in [2.05, 4.69) is 10.4 Å². The summed E-state index contributed by atoms with van der Waals surface area (Å²) in [6.07, 6.45) is 1.58. The molecule has 0 aliphatic carbocycles. The van der Waals surface area contributed by atoms with E-state index in [1.807, 2.05) is 0 Å². The summed E-state index contributed by atoms with van der Waals surface area (Å²) in [7, 11) is 0. The summed E-state index contributed by atoms with van der Waals surface area (Å²) in [5.74, 6) is -2.17. The molecule has 0 unspecified atom stereocenters. The maximum atomic E-state index is 13.5. The predicted octanol–water partition coefficient (Wildman–Crippen LogP) is 4.06. The fourth-order valence-corrected chi connectivity index (χ4v) is 2.17. The largest absolute Gasteiger partial charge is 0.318 e. The van der Waals surface area contributed by atoms with Crippen LogP contribution in [0.15, 0.2) is 54.7 Å². The van der Waals surface area contributed by atoms with Crippen molar-refractivity contribution in [2.24, 2.45) is 0 Å². The molecule has 0 radical (unpaired) electrons. The molecule has 3 aromatic rings. The van der Waals surface area contributed by atoms with E-state index in [9.17, 15) is 13.6 Å². The topological polar surface area (TPSA) is 46.9 Å². The zero-order chi connectivity index (χ0) is 16.4. The van der Waals surface area contributed by atoms with Crippen molar-refractivity contribution in [1.82, 2.24) is 9.78 Å². The van der Waals surface area contributed by atoms with Gasteiger partial charge in [0, 0.05) is 17.3 Å². The molecule has 2 aromatic carbocycles. The van der Waals surface area contributed by atoms with Crippen molar-refractivity contribution in [3.8, 4) is 5.69 Å². The Balaban J connectivity index is 1.81. The van der Waals surface area contributed by atoms with E-state index < -0.39 is 17.5 Å². The number of carbonyl (C=O) groups excluding carboxylic acids is 1. The number of rotatable bonds is 3. The number of nitrogens with one attached hydrogen (secondary N) is 1.